The van der Waals surface area contributed by atoms with Gasteiger partial charge in [0.25, 0.3) is 0 Å². The van der Waals surface area contributed by atoms with Crippen molar-refractivity contribution >= 4 is 15.0 Å². The molecule has 0 bridgehead atoms. The van der Waals surface area contributed by atoms with Crippen LogP contribution in [0.2, 0.25) is 11.1 Å². The van der Waals surface area contributed by atoms with E-state index < -0.39 is 0 Å². The minimum absolute atomic E-state index is 0.919. The van der Waals surface area contributed by atoms with Crippen LogP contribution < -0.4 is 5.32 Å². The number of nitrogens with one attached hydrogen (secondary N) is 1. The molecule has 0 aliphatic rings. The van der Waals surface area contributed by atoms with Gasteiger partial charge in [0.2, 0.25) is 0 Å². The molecule has 0 fully saturated rings. The van der Waals surface area contributed by atoms with Crippen molar-refractivity contribution in [2.24, 2.45) is 0 Å². The molecule has 0 aromatic heterocycles. The molecule has 0 saturated heterocycles. The third-order valence-electron chi connectivity index (χ3n) is 2.70. The first-order valence-corrected chi connectivity index (χ1v) is 10.4. The molecule has 1 N–H and O–H groups in total. The van der Waals surface area contributed by atoms with Crippen molar-refractivity contribution in [1.82, 2.24) is 5.32 Å². The number of rotatable bonds is 11. The molecule has 0 amide bonds. The van der Waals surface area contributed by atoms with E-state index >= 15 is 0 Å². The Morgan fingerprint density at radius 2 is 1.18 bits per heavy atom. The van der Waals surface area contributed by atoms with Crippen LogP contribution in [-0.2, 0) is 0 Å². The SMILES string of the molecule is CCCCCCCCCC[Se]C.CCNCC. The third kappa shape index (κ3) is 26.2. The predicted octanol–water partition coefficient (Wildman–Crippen LogP) is 4.91. The minimum atomic E-state index is 0.919. The molecule has 0 atom stereocenters. The summed E-state index contributed by atoms with van der Waals surface area (Å²) in [7, 11) is 0. The summed E-state index contributed by atoms with van der Waals surface area (Å²) < 4.78 is 0. The van der Waals surface area contributed by atoms with Gasteiger partial charge in [-0.2, -0.15) is 0 Å². The third-order valence-corrected chi connectivity index (χ3v) is 4.16. The van der Waals surface area contributed by atoms with Crippen molar-refractivity contribution in [1.29, 1.82) is 0 Å². The second-order valence-corrected chi connectivity index (χ2v) is 6.49. The molecule has 0 radical (unpaired) electrons. The first-order valence-electron chi connectivity index (χ1n) is 7.53. The second kappa shape index (κ2) is 21.7. The number of unbranched alkanes of at least 4 members (excludes halogenated alkanes) is 7. The smallest absolute Gasteiger partial charge is 0.00775 e. The Kier molecular flexibility index (Phi) is 25.3. The number of hydrogen-bond donors (Lipinski definition) is 1. The van der Waals surface area contributed by atoms with E-state index in [4.69, 9.17) is 0 Å². The maximum Gasteiger partial charge on any atom is -0.00775 e. The molecule has 0 aromatic carbocycles. The van der Waals surface area contributed by atoms with Crippen molar-refractivity contribution in [3.05, 3.63) is 0 Å². The summed E-state index contributed by atoms with van der Waals surface area (Å²) in [6, 6.07) is 0. The van der Waals surface area contributed by atoms with Gasteiger partial charge in [-0.3, -0.25) is 0 Å². The van der Waals surface area contributed by atoms with E-state index in [1.165, 1.54) is 56.7 Å². The van der Waals surface area contributed by atoms with E-state index in [9.17, 15) is 0 Å². The summed E-state index contributed by atoms with van der Waals surface area (Å²) in [5.74, 6) is 2.34. The summed E-state index contributed by atoms with van der Waals surface area (Å²) >= 11 is 0.919. The van der Waals surface area contributed by atoms with Crippen molar-refractivity contribution in [3.8, 4) is 0 Å². The van der Waals surface area contributed by atoms with E-state index in [2.05, 4.69) is 31.9 Å². The summed E-state index contributed by atoms with van der Waals surface area (Å²) in [5.41, 5.74) is 0. The Morgan fingerprint density at radius 3 is 1.53 bits per heavy atom. The molecule has 0 aliphatic carbocycles. The molecule has 0 aromatic rings. The van der Waals surface area contributed by atoms with Crippen molar-refractivity contribution in [2.75, 3.05) is 13.1 Å². The van der Waals surface area contributed by atoms with E-state index in [-0.39, 0.29) is 0 Å². The van der Waals surface area contributed by atoms with Crippen LogP contribution in [-0.4, -0.2) is 28.0 Å². The molecule has 0 saturated carbocycles. The Balaban J connectivity index is 0. The van der Waals surface area contributed by atoms with Gasteiger partial charge in [-0.15, -0.1) is 0 Å². The summed E-state index contributed by atoms with van der Waals surface area (Å²) in [6.45, 7) is 8.67. The quantitative estimate of drug-likeness (QED) is 0.422. The minimum Gasteiger partial charge on any atom is -0.317 e. The van der Waals surface area contributed by atoms with Gasteiger partial charge in [0.05, 0.1) is 0 Å². The molecular formula is C15H35NSe. The molecule has 2 heteroatoms. The van der Waals surface area contributed by atoms with Crippen LogP contribution in [0.4, 0.5) is 0 Å². The van der Waals surface area contributed by atoms with Crippen LogP contribution in [0.1, 0.15) is 72.1 Å². The fourth-order valence-corrected chi connectivity index (χ4v) is 2.66. The monoisotopic (exact) mass is 309 g/mol. The molecule has 0 aliphatic heterocycles. The molecule has 0 heterocycles. The van der Waals surface area contributed by atoms with Crippen LogP contribution in [0.15, 0.2) is 0 Å². The first kappa shape index (κ1) is 19.8. The number of hydrogen-bond acceptors (Lipinski definition) is 1. The summed E-state index contributed by atoms with van der Waals surface area (Å²) in [5, 5.41) is 4.61. The molecule has 106 valence electrons. The molecule has 1 nitrogen and oxygen atoms in total. The first-order chi connectivity index (χ1) is 8.33. The molecule has 0 unspecified atom stereocenters. The second-order valence-electron chi connectivity index (χ2n) is 4.42. The van der Waals surface area contributed by atoms with Gasteiger partial charge < -0.3 is 5.32 Å². The van der Waals surface area contributed by atoms with E-state index in [0.29, 0.717) is 0 Å². The van der Waals surface area contributed by atoms with Crippen LogP contribution in [0, 0.1) is 0 Å². The topological polar surface area (TPSA) is 12.0 Å². The van der Waals surface area contributed by atoms with Gasteiger partial charge in [-0.1, -0.05) is 13.8 Å². The average molecular weight is 308 g/mol. The van der Waals surface area contributed by atoms with Crippen molar-refractivity contribution in [2.45, 2.75) is 83.3 Å². The van der Waals surface area contributed by atoms with Gasteiger partial charge in [-0.05, 0) is 13.1 Å². The van der Waals surface area contributed by atoms with E-state index in [0.717, 1.165) is 28.0 Å². The van der Waals surface area contributed by atoms with E-state index in [1.807, 2.05) is 0 Å². The van der Waals surface area contributed by atoms with Crippen LogP contribution >= 0.6 is 0 Å². The fourth-order valence-electron chi connectivity index (χ4n) is 1.63. The van der Waals surface area contributed by atoms with Crippen LogP contribution in [0.5, 0.6) is 0 Å². The summed E-state index contributed by atoms with van der Waals surface area (Å²) in [4.78, 5) is 0. The largest absolute Gasteiger partial charge is 0.317 e. The van der Waals surface area contributed by atoms with Gasteiger partial charge in [0.15, 0.2) is 0 Å². The maximum absolute atomic E-state index is 3.11. The molecule has 0 rings (SSSR count). The van der Waals surface area contributed by atoms with Crippen LogP contribution in [0.3, 0.4) is 0 Å². The van der Waals surface area contributed by atoms with Gasteiger partial charge in [0.1, 0.15) is 0 Å². The van der Waals surface area contributed by atoms with Crippen LogP contribution in [0.25, 0.3) is 0 Å². The predicted molar refractivity (Wildman–Crippen MR) is 83.3 cm³/mol. The zero-order valence-corrected chi connectivity index (χ0v) is 14.4. The Morgan fingerprint density at radius 1 is 0.706 bits per heavy atom. The van der Waals surface area contributed by atoms with E-state index in [1.54, 1.807) is 0 Å². The standard InChI is InChI=1S/C11H24Se.C4H11N/c1-3-4-5-6-7-8-9-10-11-12-2;1-3-5-4-2/h3-11H2,1-2H3;5H,3-4H2,1-2H3. The molecule has 0 spiro atoms. The normalized spacial score (nSPS) is 9.88. The van der Waals surface area contributed by atoms with Gasteiger partial charge >= 0.3 is 84.4 Å². The Labute approximate surface area is 117 Å². The summed E-state index contributed by atoms with van der Waals surface area (Å²) in [6.07, 6.45) is 11.7. The zero-order chi connectivity index (χ0) is 13.2. The Bertz CT molecular complexity index is 95.1. The average Bonchev–Trinajstić information content (AvgIpc) is 2.34. The van der Waals surface area contributed by atoms with Crippen molar-refractivity contribution in [3.63, 3.8) is 0 Å². The fraction of sp³-hybridized carbons (Fsp3) is 1.00. The Hall–Kier alpha value is 0.479. The maximum atomic E-state index is 3.11. The zero-order valence-electron chi connectivity index (χ0n) is 12.7. The van der Waals surface area contributed by atoms with Gasteiger partial charge in [0, 0.05) is 0 Å². The van der Waals surface area contributed by atoms with Gasteiger partial charge in [-0.25, -0.2) is 0 Å². The van der Waals surface area contributed by atoms with Crippen molar-refractivity contribution < 1.29 is 0 Å². The molecule has 17 heavy (non-hydrogen) atoms. The molecular weight excluding hydrogens is 273 g/mol.